The van der Waals surface area contributed by atoms with E-state index in [1.807, 2.05) is 6.92 Å². The van der Waals surface area contributed by atoms with Gasteiger partial charge in [-0.15, -0.1) is 0 Å². The van der Waals surface area contributed by atoms with Crippen molar-refractivity contribution in [3.63, 3.8) is 0 Å². The second kappa shape index (κ2) is 6.97. The van der Waals surface area contributed by atoms with Crippen LogP contribution >= 0.6 is 0 Å². The van der Waals surface area contributed by atoms with Gasteiger partial charge < -0.3 is 14.7 Å². The molecule has 0 radical (unpaired) electrons. The molecule has 0 saturated heterocycles. The first-order chi connectivity index (χ1) is 9.37. The molecule has 0 saturated carbocycles. The molecule has 0 aliphatic rings. The van der Waals surface area contributed by atoms with Crippen molar-refractivity contribution in [3.8, 4) is 17.6 Å². The fraction of sp³-hybridized carbons (Fsp3) is 0.438. The maximum absolute atomic E-state index is 10.9. The predicted octanol–water partition coefficient (Wildman–Crippen LogP) is 2.19. The Morgan fingerprint density at radius 1 is 1.45 bits per heavy atom. The lowest BCUT2D eigenvalue weighted by atomic mass is 10.1. The molecule has 20 heavy (non-hydrogen) atoms. The Balaban J connectivity index is 3.12. The molecule has 0 aliphatic carbocycles. The molecule has 0 heterocycles. The van der Waals surface area contributed by atoms with E-state index in [9.17, 15) is 9.90 Å². The van der Waals surface area contributed by atoms with E-state index in [-0.39, 0.29) is 0 Å². The minimum atomic E-state index is -1.04. The van der Waals surface area contributed by atoms with Crippen LogP contribution in [0.2, 0.25) is 0 Å². The van der Waals surface area contributed by atoms with Crippen LogP contribution in [0.5, 0.6) is 5.75 Å². The Morgan fingerprint density at radius 3 is 2.70 bits per heavy atom. The van der Waals surface area contributed by atoms with Crippen molar-refractivity contribution < 1.29 is 14.6 Å². The number of amides is 1. The third kappa shape index (κ3) is 4.94. The van der Waals surface area contributed by atoms with E-state index >= 15 is 0 Å². The molecule has 4 nitrogen and oxygen atoms in total. The number of nitrogens with zero attached hydrogens (tertiary/aromatic N) is 1. The summed E-state index contributed by atoms with van der Waals surface area (Å²) in [6.07, 6.45) is 1.61. The molecule has 108 valence electrons. The summed E-state index contributed by atoms with van der Waals surface area (Å²) in [5, 5.41) is 9.61. The summed E-state index contributed by atoms with van der Waals surface area (Å²) in [6.45, 7) is 5.84. The summed E-state index contributed by atoms with van der Waals surface area (Å²) in [4.78, 5) is 12.3. The van der Waals surface area contributed by atoms with E-state index in [1.165, 1.54) is 4.90 Å². The number of carbonyl (C=O) groups excluding carboxylic acids is 1. The lowest BCUT2D eigenvalue weighted by Crippen LogP contribution is -2.15. The van der Waals surface area contributed by atoms with Gasteiger partial charge in [-0.1, -0.05) is 18.8 Å². The van der Waals surface area contributed by atoms with Crippen LogP contribution in [0.25, 0.3) is 0 Å². The standard InChI is InChI=1S/C16H21NO3/c1-5-10-20-15-11-13(8-9-16(2,3)19)6-7-14(15)17(4)12-18/h6-7,11-12,19H,5,10H2,1-4H3. The van der Waals surface area contributed by atoms with Crippen molar-refractivity contribution in [2.75, 3.05) is 18.6 Å². The Hall–Kier alpha value is -1.99. The molecular weight excluding hydrogens is 254 g/mol. The largest absolute Gasteiger partial charge is 0.491 e. The van der Waals surface area contributed by atoms with Gasteiger partial charge in [-0.3, -0.25) is 4.79 Å². The quantitative estimate of drug-likeness (QED) is 0.662. The first-order valence-electron chi connectivity index (χ1n) is 6.58. The van der Waals surface area contributed by atoms with E-state index in [2.05, 4.69) is 11.8 Å². The van der Waals surface area contributed by atoms with Gasteiger partial charge in [0.1, 0.15) is 11.4 Å². The zero-order chi connectivity index (χ0) is 15.2. The molecular formula is C16H21NO3. The average molecular weight is 275 g/mol. The number of hydrogen-bond donors (Lipinski definition) is 1. The lowest BCUT2D eigenvalue weighted by Gasteiger charge is -2.16. The summed E-state index contributed by atoms with van der Waals surface area (Å²) in [7, 11) is 1.67. The number of carbonyl (C=O) groups is 1. The summed E-state index contributed by atoms with van der Waals surface area (Å²) >= 11 is 0. The highest BCUT2D eigenvalue weighted by molar-refractivity contribution is 5.78. The zero-order valence-electron chi connectivity index (χ0n) is 12.4. The number of rotatable bonds is 5. The van der Waals surface area contributed by atoms with Crippen LogP contribution in [0.15, 0.2) is 18.2 Å². The SMILES string of the molecule is CCCOc1cc(C#CC(C)(C)O)ccc1N(C)C=O. The van der Waals surface area contributed by atoms with Gasteiger partial charge in [0.2, 0.25) is 6.41 Å². The highest BCUT2D eigenvalue weighted by Crippen LogP contribution is 2.28. The van der Waals surface area contributed by atoms with E-state index in [4.69, 9.17) is 4.74 Å². The van der Waals surface area contributed by atoms with Crippen LogP contribution in [0.4, 0.5) is 5.69 Å². The molecule has 1 aromatic carbocycles. The molecule has 0 fully saturated rings. The highest BCUT2D eigenvalue weighted by atomic mass is 16.5. The van der Waals surface area contributed by atoms with Crippen molar-refractivity contribution in [1.82, 2.24) is 0 Å². The summed E-state index contributed by atoms with van der Waals surface area (Å²) in [5.74, 6) is 6.26. The van der Waals surface area contributed by atoms with Crippen LogP contribution in [0, 0.1) is 11.8 Å². The Bertz CT molecular complexity index is 521. The van der Waals surface area contributed by atoms with Crippen molar-refractivity contribution in [3.05, 3.63) is 23.8 Å². The molecule has 1 aromatic rings. The van der Waals surface area contributed by atoms with Crippen molar-refractivity contribution in [2.45, 2.75) is 32.8 Å². The number of aliphatic hydroxyl groups is 1. The summed E-state index contributed by atoms with van der Waals surface area (Å²) in [5.41, 5.74) is 0.395. The maximum atomic E-state index is 10.9. The van der Waals surface area contributed by atoms with Crippen LogP contribution in [0.3, 0.4) is 0 Å². The Kier molecular flexibility index (Phi) is 5.60. The van der Waals surface area contributed by atoms with Crippen molar-refractivity contribution >= 4 is 12.1 Å². The van der Waals surface area contributed by atoms with Crippen LogP contribution in [0.1, 0.15) is 32.8 Å². The molecule has 0 bridgehead atoms. The lowest BCUT2D eigenvalue weighted by molar-refractivity contribution is -0.107. The van der Waals surface area contributed by atoms with Crippen LogP contribution in [-0.2, 0) is 4.79 Å². The van der Waals surface area contributed by atoms with Gasteiger partial charge in [0, 0.05) is 12.6 Å². The number of anilines is 1. The van der Waals surface area contributed by atoms with Gasteiger partial charge in [0.05, 0.1) is 12.3 Å². The van der Waals surface area contributed by atoms with E-state index in [0.717, 1.165) is 18.4 Å². The normalized spacial score (nSPS) is 10.4. The zero-order valence-corrected chi connectivity index (χ0v) is 12.4. The molecule has 1 amide bonds. The van der Waals surface area contributed by atoms with Gasteiger partial charge in [0.15, 0.2) is 0 Å². The maximum Gasteiger partial charge on any atom is 0.213 e. The fourth-order valence-electron chi connectivity index (χ4n) is 1.49. The Morgan fingerprint density at radius 2 is 2.15 bits per heavy atom. The van der Waals surface area contributed by atoms with Gasteiger partial charge in [-0.05, 0) is 38.5 Å². The second-order valence-corrected chi connectivity index (χ2v) is 5.06. The van der Waals surface area contributed by atoms with E-state index in [1.54, 1.807) is 39.1 Å². The van der Waals surface area contributed by atoms with Gasteiger partial charge in [0.25, 0.3) is 0 Å². The molecule has 1 rings (SSSR count). The first-order valence-corrected chi connectivity index (χ1v) is 6.58. The molecule has 0 spiro atoms. The third-order valence-electron chi connectivity index (χ3n) is 2.47. The number of benzene rings is 1. The summed E-state index contributed by atoms with van der Waals surface area (Å²) in [6, 6.07) is 5.37. The molecule has 0 aliphatic heterocycles. The molecule has 4 heteroatoms. The molecule has 0 aromatic heterocycles. The Labute approximate surface area is 120 Å². The first kappa shape index (κ1) is 16.1. The topological polar surface area (TPSA) is 49.8 Å². The minimum absolute atomic E-state index is 0.572. The fourth-order valence-corrected chi connectivity index (χ4v) is 1.49. The predicted molar refractivity (Wildman–Crippen MR) is 79.9 cm³/mol. The average Bonchev–Trinajstić information content (AvgIpc) is 2.41. The number of ether oxygens (including phenoxy) is 1. The molecule has 1 N–H and O–H groups in total. The van der Waals surface area contributed by atoms with Crippen molar-refractivity contribution in [2.24, 2.45) is 0 Å². The van der Waals surface area contributed by atoms with E-state index < -0.39 is 5.60 Å². The summed E-state index contributed by atoms with van der Waals surface area (Å²) < 4.78 is 5.65. The second-order valence-electron chi connectivity index (χ2n) is 5.06. The monoisotopic (exact) mass is 275 g/mol. The molecule has 0 unspecified atom stereocenters. The van der Waals surface area contributed by atoms with Gasteiger partial charge >= 0.3 is 0 Å². The highest BCUT2D eigenvalue weighted by Gasteiger charge is 2.10. The van der Waals surface area contributed by atoms with Crippen LogP contribution in [-0.4, -0.2) is 30.8 Å². The number of hydrogen-bond acceptors (Lipinski definition) is 3. The van der Waals surface area contributed by atoms with Crippen LogP contribution < -0.4 is 9.64 Å². The van der Waals surface area contributed by atoms with Crippen molar-refractivity contribution in [1.29, 1.82) is 0 Å². The third-order valence-corrected chi connectivity index (χ3v) is 2.47. The van der Waals surface area contributed by atoms with Gasteiger partial charge in [-0.2, -0.15) is 0 Å². The molecule has 0 atom stereocenters. The smallest absolute Gasteiger partial charge is 0.213 e. The van der Waals surface area contributed by atoms with Gasteiger partial charge in [-0.25, -0.2) is 0 Å². The minimum Gasteiger partial charge on any atom is -0.491 e. The van der Waals surface area contributed by atoms with E-state index in [0.29, 0.717) is 18.0 Å².